The van der Waals surface area contributed by atoms with Crippen LogP contribution in [0.15, 0.2) is 48.8 Å². The molecule has 0 aliphatic carbocycles. The summed E-state index contributed by atoms with van der Waals surface area (Å²) in [6.07, 6.45) is 3.43. The topological polar surface area (TPSA) is 51.2 Å². The number of amides is 1. The summed E-state index contributed by atoms with van der Waals surface area (Å²) in [5, 5.41) is 2.96. The lowest BCUT2D eigenvalue weighted by Crippen LogP contribution is -2.27. The van der Waals surface area contributed by atoms with E-state index in [-0.39, 0.29) is 11.9 Å². The molecule has 0 radical (unpaired) electrons. The van der Waals surface area contributed by atoms with Crippen LogP contribution in [-0.2, 0) is 0 Å². The number of nitrogens with zero attached hydrogens (tertiary/aromatic N) is 1. The van der Waals surface area contributed by atoms with Gasteiger partial charge in [0.1, 0.15) is 5.75 Å². The van der Waals surface area contributed by atoms with E-state index in [9.17, 15) is 4.79 Å². The third-order valence-electron chi connectivity index (χ3n) is 2.99. The van der Waals surface area contributed by atoms with Crippen LogP contribution in [0.3, 0.4) is 0 Å². The maximum absolute atomic E-state index is 12.3. The summed E-state index contributed by atoms with van der Waals surface area (Å²) in [4.78, 5) is 16.3. The van der Waals surface area contributed by atoms with E-state index >= 15 is 0 Å². The minimum atomic E-state index is -0.140. The SMILES string of the molecule is CCOc1ccccc1C(=O)NC(C)c1ccncc1. The number of carbonyl (C=O) groups is 1. The first kappa shape index (κ1) is 14.1. The van der Waals surface area contributed by atoms with Crippen molar-refractivity contribution in [2.75, 3.05) is 6.61 Å². The molecule has 2 aromatic rings. The third-order valence-corrected chi connectivity index (χ3v) is 2.99. The number of hydrogen-bond acceptors (Lipinski definition) is 3. The Morgan fingerprint density at radius 3 is 2.65 bits per heavy atom. The lowest BCUT2D eigenvalue weighted by atomic mass is 10.1. The van der Waals surface area contributed by atoms with Gasteiger partial charge in [-0.3, -0.25) is 9.78 Å². The van der Waals surface area contributed by atoms with Crippen LogP contribution in [0.1, 0.15) is 35.8 Å². The highest BCUT2D eigenvalue weighted by Crippen LogP contribution is 2.19. The number of rotatable bonds is 5. The Balaban J connectivity index is 2.12. The molecule has 0 aliphatic rings. The zero-order valence-electron chi connectivity index (χ0n) is 11.7. The van der Waals surface area contributed by atoms with E-state index < -0.39 is 0 Å². The molecule has 104 valence electrons. The largest absolute Gasteiger partial charge is 0.493 e. The average Bonchev–Trinajstić information content (AvgIpc) is 2.49. The number of hydrogen-bond donors (Lipinski definition) is 1. The number of pyridine rings is 1. The van der Waals surface area contributed by atoms with Crippen molar-refractivity contribution < 1.29 is 9.53 Å². The van der Waals surface area contributed by atoms with Crippen molar-refractivity contribution in [2.24, 2.45) is 0 Å². The molecule has 0 saturated heterocycles. The summed E-state index contributed by atoms with van der Waals surface area (Å²) in [7, 11) is 0. The van der Waals surface area contributed by atoms with Crippen LogP contribution in [0.4, 0.5) is 0 Å². The van der Waals surface area contributed by atoms with Crippen molar-refractivity contribution in [3.05, 3.63) is 59.9 Å². The van der Waals surface area contributed by atoms with E-state index in [4.69, 9.17) is 4.74 Å². The molecule has 0 fully saturated rings. The molecule has 1 aromatic carbocycles. The molecule has 1 N–H and O–H groups in total. The summed E-state index contributed by atoms with van der Waals surface area (Å²) in [5.41, 5.74) is 1.57. The first-order valence-corrected chi connectivity index (χ1v) is 6.65. The summed E-state index contributed by atoms with van der Waals surface area (Å²) < 4.78 is 5.47. The molecule has 0 spiro atoms. The molecule has 1 unspecified atom stereocenters. The maximum atomic E-state index is 12.3. The number of ether oxygens (including phenoxy) is 1. The second-order valence-corrected chi connectivity index (χ2v) is 4.40. The number of carbonyl (C=O) groups excluding carboxylic acids is 1. The summed E-state index contributed by atoms with van der Waals surface area (Å²) >= 11 is 0. The van der Waals surface area contributed by atoms with Gasteiger partial charge in [-0.15, -0.1) is 0 Å². The van der Waals surface area contributed by atoms with Gasteiger partial charge >= 0.3 is 0 Å². The molecule has 1 amide bonds. The average molecular weight is 270 g/mol. The van der Waals surface area contributed by atoms with Gasteiger partial charge in [0.2, 0.25) is 0 Å². The lowest BCUT2D eigenvalue weighted by molar-refractivity contribution is 0.0936. The fourth-order valence-corrected chi connectivity index (χ4v) is 1.95. The highest BCUT2D eigenvalue weighted by atomic mass is 16.5. The van der Waals surface area contributed by atoms with E-state index in [1.54, 1.807) is 24.5 Å². The fraction of sp³-hybridized carbons (Fsp3) is 0.250. The smallest absolute Gasteiger partial charge is 0.255 e. The van der Waals surface area contributed by atoms with Crippen molar-refractivity contribution >= 4 is 5.91 Å². The molecular weight excluding hydrogens is 252 g/mol. The highest BCUT2D eigenvalue weighted by Gasteiger charge is 2.15. The summed E-state index contributed by atoms with van der Waals surface area (Å²) in [6.45, 7) is 4.37. The number of benzene rings is 1. The number of aromatic nitrogens is 1. The number of para-hydroxylation sites is 1. The second kappa shape index (κ2) is 6.70. The Morgan fingerprint density at radius 1 is 1.25 bits per heavy atom. The molecule has 1 heterocycles. The van der Waals surface area contributed by atoms with Crippen LogP contribution < -0.4 is 10.1 Å². The van der Waals surface area contributed by atoms with Crippen LogP contribution in [0.25, 0.3) is 0 Å². The van der Waals surface area contributed by atoms with Gasteiger partial charge in [0, 0.05) is 12.4 Å². The standard InChI is InChI=1S/C16H18N2O2/c1-3-20-15-7-5-4-6-14(15)16(19)18-12(2)13-8-10-17-11-9-13/h4-12H,3H2,1-2H3,(H,18,19). The lowest BCUT2D eigenvalue weighted by Gasteiger charge is -2.15. The predicted octanol–water partition coefficient (Wildman–Crippen LogP) is 2.97. The van der Waals surface area contributed by atoms with Crippen LogP contribution >= 0.6 is 0 Å². The van der Waals surface area contributed by atoms with E-state index in [1.165, 1.54) is 0 Å². The van der Waals surface area contributed by atoms with Gasteiger partial charge < -0.3 is 10.1 Å². The molecule has 4 heteroatoms. The van der Waals surface area contributed by atoms with Crippen molar-refractivity contribution in [2.45, 2.75) is 19.9 Å². The Bertz CT molecular complexity index is 570. The predicted molar refractivity (Wildman–Crippen MR) is 77.7 cm³/mol. The molecule has 1 atom stereocenters. The minimum absolute atomic E-state index is 0.0832. The molecule has 4 nitrogen and oxygen atoms in total. The highest BCUT2D eigenvalue weighted by molar-refractivity contribution is 5.97. The fourth-order valence-electron chi connectivity index (χ4n) is 1.95. The van der Waals surface area contributed by atoms with Crippen LogP contribution in [-0.4, -0.2) is 17.5 Å². The van der Waals surface area contributed by atoms with Gasteiger partial charge in [0.25, 0.3) is 5.91 Å². The molecule has 20 heavy (non-hydrogen) atoms. The Hall–Kier alpha value is -2.36. The zero-order valence-corrected chi connectivity index (χ0v) is 11.7. The van der Waals surface area contributed by atoms with Gasteiger partial charge in [-0.25, -0.2) is 0 Å². The Morgan fingerprint density at radius 2 is 1.95 bits per heavy atom. The molecule has 0 saturated carbocycles. The van der Waals surface area contributed by atoms with Gasteiger partial charge in [0.05, 0.1) is 18.2 Å². The monoisotopic (exact) mass is 270 g/mol. The summed E-state index contributed by atoms with van der Waals surface area (Å²) in [6, 6.07) is 10.9. The Kier molecular flexibility index (Phi) is 4.71. The summed E-state index contributed by atoms with van der Waals surface area (Å²) in [5.74, 6) is 0.466. The van der Waals surface area contributed by atoms with Crippen molar-refractivity contribution in [3.8, 4) is 5.75 Å². The molecular formula is C16H18N2O2. The molecule has 2 rings (SSSR count). The zero-order chi connectivity index (χ0) is 14.4. The number of nitrogens with one attached hydrogen (secondary N) is 1. The molecule has 0 aliphatic heterocycles. The second-order valence-electron chi connectivity index (χ2n) is 4.40. The van der Waals surface area contributed by atoms with E-state index in [2.05, 4.69) is 10.3 Å². The first-order valence-electron chi connectivity index (χ1n) is 6.65. The van der Waals surface area contributed by atoms with Gasteiger partial charge in [-0.2, -0.15) is 0 Å². The van der Waals surface area contributed by atoms with Gasteiger partial charge in [0.15, 0.2) is 0 Å². The van der Waals surface area contributed by atoms with Crippen molar-refractivity contribution in [3.63, 3.8) is 0 Å². The first-order chi connectivity index (χ1) is 9.72. The Labute approximate surface area is 118 Å². The molecule has 1 aromatic heterocycles. The van der Waals surface area contributed by atoms with Crippen LogP contribution in [0.5, 0.6) is 5.75 Å². The third kappa shape index (κ3) is 3.35. The van der Waals surface area contributed by atoms with Crippen molar-refractivity contribution in [1.29, 1.82) is 0 Å². The maximum Gasteiger partial charge on any atom is 0.255 e. The normalized spacial score (nSPS) is 11.7. The quantitative estimate of drug-likeness (QED) is 0.908. The van der Waals surface area contributed by atoms with Crippen LogP contribution in [0.2, 0.25) is 0 Å². The van der Waals surface area contributed by atoms with Gasteiger partial charge in [-0.05, 0) is 43.7 Å². The van der Waals surface area contributed by atoms with Crippen LogP contribution in [0, 0.1) is 0 Å². The van der Waals surface area contributed by atoms with E-state index in [1.807, 2.05) is 38.1 Å². The van der Waals surface area contributed by atoms with Gasteiger partial charge in [-0.1, -0.05) is 12.1 Å². The van der Waals surface area contributed by atoms with E-state index in [0.717, 1.165) is 5.56 Å². The minimum Gasteiger partial charge on any atom is -0.493 e. The van der Waals surface area contributed by atoms with E-state index in [0.29, 0.717) is 17.9 Å². The molecule has 0 bridgehead atoms. The van der Waals surface area contributed by atoms with Crippen molar-refractivity contribution in [1.82, 2.24) is 10.3 Å².